The third-order valence-electron chi connectivity index (χ3n) is 3.54. The van der Waals surface area contributed by atoms with Crippen LogP contribution in [-0.4, -0.2) is 25.0 Å². The fourth-order valence-electron chi connectivity index (χ4n) is 2.46. The lowest BCUT2D eigenvalue weighted by molar-refractivity contribution is -0.121. The molecule has 4 heteroatoms. The molecule has 1 amide bonds. The first-order valence-electron chi connectivity index (χ1n) is 6.95. The first-order valence-corrected chi connectivity index (χ1v) is 7.74. The molecule has 1 N–H and O–H groups in total. The normalized spacial score (nSPS) is 19.8. The predicted molar refractivity (Wildman–Crippen MR) is 82.5 cm³/mol. The molecule has 2 rings (SSSR count). The van der Waals surface area contributed by atoms with Crippen LogP contribution in [0.15, 0.2) is 22.7 Å². The highest BCUT2D eigenvalue weighted by atomic mass is 79.9. The third kappa shape index (κ3) is 3.18. The van der Waals surface area contributed by atoms with E-state index in [1.165, 1.54) is 0 Å². The highest BCUT2D eigenvalue weighted by molar-refractivity contribution is 9.10. The summed E-state index contributed by atoms with van der Waals surface area (Å²) in [6, 6.07) is 6.04. The van der Waals surface area contributed by atoms with Gasteiger partial charge in [0.1, 0.15) is 0 Å². The van der Waals surface area contributed by atoms with E-state index >= 15 is 0 Å². The first-order chi connectivity index (χ1) is 9.15. The Morgan fingerprint density at radius 3 is 3.00 bits per heavy atom. The number of halogens is 1. The SMILES string of the molecule is CCCNC1CCCN(c2cccc(C)c2Br)C1=O. The zero-order valence-electron chi connectivity index (χ0n) is 11.6. The van der Waals surface area contributed by atoms with Crippen LogP contribution < -0.4 is 10.2 Å². The lowest BCUT2D eigenvalue weighted by Gasteiger charge is -2.33. The van der Waals surface area contributed by atoms with Gasteiger partial charge in [-0.05, 0) is 60.3 Å². The van der Waals surface area contributed by atoms with Gasteiger partial charge in [0.05, 0.1) is 11.7 Å². The number of hydrogen-bond acceptors (Lipinski definition) is 2. The van der Waals surface area contributed by atoms with E-state index in [9.17, 15) is 4.79 Å². The Kier molecular flexibility index (Phi) is 4.99. The maximum atomic E-state index is 12.5. The van der Waals surface area contributed by atoms with Crippen LogP contribution in [-0.2, 0) is 4.79 Å². The average Bonchev–Trinajstić information content (AvgIpc) is 2.41. The summed E-state index contributed by atoms with van der Waals surface area (Å²) >= 11 is 3.60. The second-order valence-electron chi connectivity index (χ2n) is 5.05. The van der Waals surface area contributed by atoms with E-state index in [0.29, 0.717) is 0 Å². The van der Waals surface area contributed by atoms with Crippen molar-refractivity contribution in [1.82, 2.24) is 5.32 Å². The van der Waals surface area contributed by atoms with Crippen LogP contribution >= 0.6 is 15.9 Å². The van der Waals surface area contributed by atoms with Gasteiger partial charge in [-0.15, -0.1) is 0 Å². The smallest absolute Gasteiger partial charge is 0.244 e. The molecule has 0 radical (unpaired) electrons. The highest BCUT2D eigenvalue weighted by Gasteiger charge is 2.30. The van der Waals surface area contributed by atoms with Crippen LogP contribution in [0.5, 0.6) is 0 Å². The number of nitrogens with one attached hydrogen (secondary N) is 1. The first kappa shape index (κ1) is 14.5. The Balaban J connectivity index is 2.19. The summed E-state index contributed by atoms with van der Waals surface area (Å²) in [6.45, 7) is 5.88. The minimum atomic E-state index is -0.0267. The fourth-order valence-corrected chi connectivity index (χ4v) is 2.94. The molecule has 1 atom stereocenters. The molecule has 0 spiro atoms. The van der Waals surface area contributed by atoms with Crippen LogP contribution in [0.4, 0.5) is 5.69 Å². The van der Waals surface area contributed by atoms with Gasteiger partial charge in [0.25, 0.3) is 0 Å². The number of amides is 1. The van der Waals surface area contributed by atoms with Crippen molar-refractivity contribution in [2.45, 2.75) is 39.2 Å². The molecule has 1 aliphatic heterocycles. The van der Waals surface area contributed by atoms with Gasteiger partial charge < -0.3 is 10.2 Å². The number of piperidine rings is 1. The Morgan fingerprint density at radius 2 is 2.26 bits per heavy atom. The number of hydrogen-bond donors (Lipinski definition) is 1. The fraction of sp³-hybridized carbons (Fsp3) is 0.533. The molecule has 0 aliphatic carbocycles. The van der Waals surface area contributed by atoms with Gasteiger partial charge in [-0.1, -0.05) is 19.1 Å². The maximum Gasteiger partial charge on any atom is 0.244 e. The van der Waals surface area contributed by atoms with E-state index in [1.807, 2.05) is 17.0 Å². The predicted octanol–water partition coefficient (Wildman–Crippen LogP) is 3.25. The van der Waals surface area contributed by atoms with Gasteiger partial charge in [0.2, 0.25) is 5.91 Å². The molecule has 3 nitrogen and oxygen atoms in total. The standard InChI is InChI=1S/C15H21BrN2O/c1-3-9-17-12-7-5-10-18(15(12)19)13-8-4-6-11(2)14(13)16/h4,6,8,12,17H,3,5,7,9-10H2,1-2H3. The molecule has 1 aliphatic rings. The van der Waals surface area contributed by atoms with Crippen molar-refractivity contribution in [1.29, 1.82) is 0 Å². The summed E-state index contributed by atoms with van der Waals surface area (Å²) in [6.07, 6.45) is 3.05. The van der Waals surface area contributed by atoms with Crippen molar-refractivity contribution < 1.29 is 4.79 Å². The highest BCUT2D eigenvalue weighted by Crippen LogP contribution is 2.31. The molecular formula is C15H21BrN2O. The van der Waals surface area contributed by atoms with Crippen LogP contribution in [0.3, 0.4) is 0 Å². The summed E-state index contributed by atoms with van der Waals surface area (Å²) in [5, 5.41) is 3.35. The molecule has 19 heavy (non-hydrogen) atoms. The largest absolute Gasteiger partial charge is 0.310 e. The van der Waals surface area contributed by atoms with E-state index in [0.717, 1.165) is 48.1 Å². The van der Waals surface area contributed by atoms with Crippen LogP contribution in [0.2, 0.25) is 0 Å². The molecule has 1 unspecified atom stereocenters. The molecule has 1 heterocycles. The van der Waals surface area contributed by atoms with Gasteiger partial charge in [0.15, 0.2) is 0 Å². The van der Waals surface area contributed by atoms with E-state index in [-0.39, 0.29) is 11.9 Å². The zero-order chi connectivity index (χ0) is 13.8. The number of carbonyl (C=O) groups is 1. The second-order valence-corrected chi connectivity index (χ2v) is 5.84. The number of nitrogens with zero attached hydrogens (tertiary/aromatic N) is 1. The molecule has 1 fully saturated rings. The molecule has 0 bridgehead atoms. The van der Waals surface area contributed by atoms with Gasteiger partial charge >= 0.3 is 0 Å². The third-order valence-corrected chi connectivity index (χ3v) is 4.57. The number of benzene rings is 1. The van der Waals surface area contributed by atoms with Gasteiger partial charge in [0, 0.05) is 11.0 Å². The van der Waals surface area contributed by atoms with Crippen molar-refractivity contribution in [3.63, 3.8) is 0 Å². The monoisotopic (exact) mass is 324 g/mol. The number of anilines is 1. The van der Waals surface area contributed by atoms with E-state index in [2.05, 4.69) is 41.2 Å². The van der Waals surface area contributed by atoms with E-state index < -0.39 is 0 Å². The lowest BCUT2D eigenvalue weighted by atomic mass is 10.0. The summed E-state index contributed by atoms with van der Waals surface area (Å²) in [4.78, 5) is 14.4. The van der Waals surface area contributed by atoms with Gasteiger partial charge in [-0.2, -0.15) is 0 Å². The number of rotatable bonds is 4. The Hall–Kier alpha value is -0.870. The number of carbonyl (C=O) groups excluding carboxylic acids is 1. The van der Waals surface area contributed by atoms with E-state index in [1.54, 1.807) is 0 Å². The summed E-state index contributed by atoms with van der Waals surface area (Å²) in [5.41, 5.74) is 2.15. The Labute approximate surface area is 123 Å². The van der Waals surface area contributed by atoms with Crippen molar-refractivity contribution in [3.8, 4) is 0 Å². The van der Waals surface area contributed by atoms with Crippen LogP contribution in [0, 0.1) is 6.92 Å². The zero-order valence-corrected chi connectivity index (χ0v) is 13.2. The minimum Gasteiger partial charge on any atom is -0.310 e. The van der Waals surface area contributed by atoms with E-state index in [4.69, 9.17) is 0 Å². The number of aryl methyl sites for hydroxylation is 1. The Morgan fingerprint density at radius 1 is 1.47 bits per heavy atom. The van der Waals surface area contributed by atoms with Crippen molar-refractivity contribution in [2.75, 3.05) is 18.0 Å². The lowest BCUT2D eigenvalue weighted by Crippen LogP contribution is -2.51. The van der Waals surface area contributed by atoms with Crippen molar-refractivity contribution in [3.05, 3.63) is 28.2 Å². The van der Waals surface area contributed by atoms with Crippen LogP contribution in [0.25, 0.3) is 0 Å². The summed E-state index contributed by atoms with van der Waals surface area (Å²) in [5.74, 6) is 0.200. The molecule has 0 aromatic heterocycles. The minimum absolute atomic E-state index is 0.0267. The summed E-state index contributed by atoms with van der Waals surface area (Å²) in [7, 11) is 0. The molecular weight excluding hydrogens is 304 g/mol. The molecule has 0 saturated carbocycles. The van der Waals surface area contributed by atoms with Gasteiger partial charge in [-0.3, -0.25) is 4.79 Å². The molecule has 104 valence electrons. The molecule has 1 aromatic carbocycles. The maximum absolute atomic E-state index is 12.5. The second kappa shape index (κ2) is 6.53. The topological polar surface area (TPSA) is 32.3 Å². The molecule has 1 aromatic rings. The van der Waals surface area contributed by atoms with Crippen LogP contribution in [0.1, 0.15) is 31.7 Å². The van der Waals surface area contributed by atoms with Crippen molar-refractivity contribution >= 4 is 27.5 Å². The van der Waals surface area contributed by atoms with Crippen molar-refractivity contribution in [2.24, 2.45) is 0 Å². The molecule has 1 saturated heterocycles. The summed E-state index contributed by atoms with van der Waals surface area (Å²) < 4.78 is 1.03. The van der Waals surface area contributed by atoms with Gasteiger partial charge in [-0.25, -0.2) is 0 Å². The average molecular weight is 325 g/mol. The quantitative estimate of drug-likeness (QED) is 0.922. The Bertz CT molecular complexity index is 461.